The van der Waals surface area contributed by atoms with E-state index in [1.807, 2.05) is 31.3 Å². The number of anilines is 3. The van der Waals surface area contributed by atoms with E-state index >= 15 is 0 Å². The van der Waals surface area contributed by atoms with Gasteiger partial charge in [0, 0.05) is 25.6 Å². The third kappa shape index (κ3) is 4.72. The lowest BCUT2D eigenvalue weighted by atomic mass is 9.98. The van der Waals surface area contributed by atoms with Gasteiger partial charge < -0.3 is 35.6 Å². The fraction of sp³-hybridized carbons (Fsp3) is 0.393. The second-order valence-electron chi connectivity index (χ2n) is 10.1. The lowest BCUT2D eigenvalue weighted by molar-refractivity contribution is 0.0271. The number of fused-ring (bicyclic) bond motifs is 4. The molecule has 0 radical (unpaired) electrons. The Hall–Kier alpha value is -3.89. The maximum Gasteiger partial charge on any atom is 0.407 e. The first-order valence-electron chi connectivity index (χ1n) is 13.1. The minimum atomic E-state index is -0.390. The third-order valence-corrected chi connectivity index (χ3v) is 7.61. The van der Waals surface area contributed by atoms with Crippen molar-refractivity contribution < 1.29 is 14.3 Å². The summed E-state index contributed by atoms with van der Waals surface area (Å²) in [6.07, 6.45) is 3.04. The van der Waals surface area contributed by atoms with E-state index in [1.54, 1.807) is 0 Å². The summed E-state index contributed by atoms with van der Waals surface area (Å²) in [5, 5.41) is 6.15. The molecule has 3 aromatic rings. The van der Waals surface area contributed by atoms with Gasteiger partial charge in [-0.05, 0) is 42.1 Å². The Kier molecular flexibility index (Phi) is 6.73. The first-order valence-corrected chi connectivity index (χ1v) is 13.1. The molecule has 4 N–H and O–H groups in total. The molecule has 198 valence electrons. The molecule has 10 heteroatoms. The first-order chi connectivity index (χ1) is 18.6. The summed E-state index contributed by atoms with van der Waals surface area (Å²) < 4.78 is 12.0. The van der Waals surface area contributed by atoms with Crippen molar-refractivity contribution >= 4 is 23.4 Å². The molecule has 10 nitrogen and oxygen atoms in total. The first kappa shape index (κ1) is 24.4. The van der Waals surface area contributed by atoms with Crippen molar-refractivity contribution in [3.05, 3.63) is 66.0 Å². The number of aromatic nitrogens is 2. The van der Waals surface area contributed by atoms with E-state index < -0.39 is 0 Å². The SMILES string of the molecule is CN(CCNC(=O)OCC1c2ccccc2-c2ccccc21)C[C@@H]1CC[C@H](N2CNc3c(N)ncnc32)O1. The van der Waals surface area contributed by atoms with E-state index in [-0.39, 0.29) is 24.3 Å². The Morgan fingerprint density at radius 2 is 1.89 bits per heavy atom. The highest BCUT2D eigenvalue weighted by Gasteiger charge is 2.35. The maximum atomic E-state index is 12.5. The normalized spacial score (nSPS) is 19.7. The number of hydrogen-bond acceptors (Lipinski definition) is 9. The summed E-state index contributed by atoms with van der Waals surface area (Å²) in [6, 6.07) is 16.7. The van der Waals surface area contributed by atoms with Crippen LogP contribution in [0, 0.1) is 0 Å². The van der Waals surface area contributed by atoms with Crippen LogP contribution < -0.4 is 21.3 Å². The van der Waals surface area contributed by atoms with Crippen molar-refractivity contribution in [1.82, 2.24) is 20.2 Å². The highest BCUT2D eigenvalue weighted by Crippen LogP contribution is 2.44. The number of nitrogens with two attached hydrogens (primary N) is 1. The molecular weight excluding hydrogens is 482 g/mol. The number of benzene rings is 2. The van der Waals surface area contributed by atoms with E-state index in [9.17, 15) is 4.79 Å². The van der Waals surface area contributed by atoms with Gasteiger partial charge in [0.1, 0.15) is 24.8 Å². The zero-order chi connectivity index (χ0) is 26.1. The number of rotatable bonds is 8. The number of carbonyl (C=O) groups excluding carboxylic acids is 1. The van der Waals surface area contributed by atoms with Crippen LogP contribution >= 0.6 is 0 Å². The van der Waals surface area contributed by atoms with Crippen molar-refractivity contribution in [2.45, 2.75) is 31.1 Å². The number of hydrogen-bond donors (Lipinski definition) is 3. The molecule has 2 aliphatic heterocycles. The molecule has 1 aromatic heterocycles. The van der Waals surface area contributed by atoms with Crippen LogP contribution in [0.2, 0.25) is 0 Å². The van der Waals surface area contributed by atoms with E-state index in [2.05, 4.69) is 54.7 Å². The molecule has 1 aliphatic carbocycles. The van der Waals surface area contributed by atoms with Gasteiger partial charge in [-0.1, -0.05) is 48.5 Å². The Morgan fingerprint density at radius 1 is 1.16 bits per heavy atom. The number of nitrogens with zero attached hydrogens (tertiary/aromatic N) is 4. The predicted molar refractivity (Wildman–Crippen MR) is 146 cm³/mol. The summed E-state index contributed by atoms with van der Waals surface area (Å²) in [4.78, 5) is 25.2. The summed E-state index contributed by atoms with van der Waals surface area (Å²) in [7, 11) is 2.04. The van der Waals surface area contributed by atoms with E-state index in [0.29, 0.717) is 32.2 Å². The summed E-state index contributed by atoms with van der Waals surface area (Å²) in [6.45, 7) is 2.91. The van der Waals surface area contributed by atoms with Gasteiger partial charge in [0.25, 0.3) is 0 Å². The molecule has 2 aromatic carbocycles. The fourth-order valence-electron chi connectivity index (χ4n) is 5.74. The van der Waals surface area contributed by atoms with Gasteiger partial charge in [0.05, 0.1) is 12.8 Å². The van der Waals surface area contributed by atoms with Crippen LogP contribution in [0.1, 0.15) is 29.9 Å². The molecule has 3 aliphatic rings. The monoisotopic (exact) mass is 515 g/mol. The molecule has 38 heavy (non-hydrogen) atoms. The quantitative estimate of drug-likeness (QED) is 0.416. The molecule has 0 bridgehead atoms. The second-order valence-corrected chi connectivity index (χ2v) is 10.1. The van der Waals surface area contributed by atoms with E-state index in [0.717, 1.165) is 30.9 Å². The Bertz CT molecular complexity index is 1270. The zero-order valence-electron chi connectivity index (χ0n) is 21.5. The lowest BCUT2D eigenvalue weighted by Gasteiger charge is -2.26. The topological polar surface area (TPSA) is 118 Å². The van der Waals surface area contributed by atoms with Crippen molar-refractivity contribution in [2.75, 3.05) is 55.9 Å². The molecule has 2 atom stereocenters. The average molecular weight is 516 g/mol. The number of carbonyl (C=O) groups is 1. The molecule has 1 fully saturated rings. The second kappa shape index (κ2) is 10.5. The Morgan fingerprint density at radius 3 is 2.66 bits per heavy atom. The van der Waals surface area contributed by atoms with Crippen LogP contribution in [-0.4, -0.2) is 73.3 Å². The number of likely N-dealkylation sites (N-methyl/N-ethyl adjacent to an activating group) is 1. The van der Waals surface area contributed by atoms with Crippen LogP contribution in [0.4, 0.5) is 22.1 Å². The van der Waals surface area contributed by atoms with Crippen LogP contribution in [0.5, 0.6) is 0 Å². The van der Waals surface area contributed by atoms with Crippen molar-refractivity contribution in [3.63, 3.8) is 0 Å². The van der Waals surface area contributed by atoms with Crippen LogP contribution in [0.3, 0.4) is 0 Å². The van der Waals surface area contributed by atoms with Gasteiger partial charge in [-0.15, -0.1) is 0 Å². The molecule has 1 saturated heterocycles. The number of nitrogen functional groups attached to an aromatic ring is 1. The highest BCUT2D eigenvalue weighted by atomic mass is 16.5. The Balaban J connectivity index is 0.935. The predicted octanol–water partition coefficient (Wildman–Crippen LogP) is 3.22. The third-order valence-electron chi connectivity index (χ3n) is 7.61. The van der Waals surface area contributed by atoms with E-state index in [1.165, 1.54) is 28.6 Å². The van der Waals surface area contributed by atoms with Gasteiger partial charge in [0.15, 0.2) is 11.6 Å². The fourth-order valence-corrected chi connectivity index (χ4v) is 5.74. The van der Waals surface area contributed by atoms with E-state index in [4.69, 9.17) is 15.2 Å². The number of alkyl carbamates (subject to hydrolysis) is 1. The van der Waals surface area contributed by atoms with Gasteiger partial charge in [-0.3, -0.25) is 0 Å². The maximum absolute atomic E-state index is 12.5. The summed E-state index contributed by atoms with van der Waals surface area (Å²) in [5.41, 5.74) is 11.6. The standard InChI is InChI=1S/C28H33N7O3/c1-34(14-18-10-11-24(38-18)35-17-33-25-26(29)31-16-32-27(25)35)13-12-30-28(36)37-15-23-21-8-4-2-6-19(21)20-7-3-5-9-22(20)23/h2-9,16,18,23-24,33H,10-15,17H2,1H3,(H,30,36)(H2,29,31,32)/t18-,24+/m0/s1. The van der Waals surface area contributed by atoms with Crippen molar-refractivity contribution in [2.24, 2.45) is 0 Å². The highest BCUT2D eigenvalue weighted by molar-refractivity contribution is 5.80. The van der Waals surface area contributed by atoms with Gasteiger partial charge in [-0.25, -0.2) is 14.8 Å². The van der Waals surface area contributed by atoms with Crippen LogP contribution in [0.25, 0.3) is 11.1 Å². The van der Waals surface area contributed by atoms with Crippen molar-refractivity contribution in [1.29, 1.82) is 0 Å². The molecule has 0 unspecified atom stereocenters. The molecule has 6 rings (SSSR count). The van der Waals surface area contributed by atoms with Gasteiger partial charge in [-0.2, -0.15) is 0 Å². The molecule has 1 amide bonds. The lowest BCUT2D eigenvalue weighted by Crippen LogP contribution is -2.39. The largest absolute Gasteiger partial charge is 0.449 e. The molecule has 3 heterocycles. The molecule has 0 spiro atoms. The zero-order valence-corrected chi connectivity index (χ0v) is 21.5. The van der Waals surface area contributed by atoms with Crippen LogP contribution in [0.15, 0.2) is 54.9 Å². The number of ether oxygens (including phenoxy) is 2. The Labute approximate surface area is 222 Å². The minimum absolute atomic E-state index is 0.0459. The smallest absolute Gasteiger partial charge is 0.407 e. The minimum Gasteiger partial charge on any atom is -0.449 e. The van der Waals surface area contributed by atoms with Crippen LogP contribution in [-0.2, 0) is 9.47 Å². The van der Waals surface area contributed by atoms with Gasteiger partial charge >= 0.3 is 6.09 Å². The molecule has 0 saturated carbocycles. The molecular formula is C28H33N7O3. The number of amides is 1. The van der Waals surface area contributed by atoms with Gasteiger partial charge in [0.2, 0.25) is 0 Å². The number of nitrogens with one attached hydrogen (secondary N) is 2. The van der Waals surface area contributed by atoms with Crippen molar-refractivity contribution in [3.8, 4) is 11.1 Å². The summed E-state index contributed by atoms with van der Waals surface area (Å²) >= 11 is 0. The average Bonchev–Trinajstić information content (AvgIpc) is 3.64. The summed E-state index contributed by atoms with van der Waals surface area (Å²) in [5.74, 6) is 1.31.